The van der Waals surface area contributed by atoms with Crippen LogP contribution in [0, 0.1) is 0 Å². The Kier molecular flexibility index (Phi) is 42.4. The standard InChI is InChI=1S/C14H31N5O2.2Rb.2Re/c15-1-11-20-13-4-17-3-5-18-6-8-19(9-7-18)10-14-21-12-2-16;;;;/h15-17H,1-14H2;;;;/q-2;2*+1;;. The van der Waals surface area contributed by atoms with Gasteiger partial charge in [-0.15, -0.1) is 13.1 Å². The molecule has 0 bridgehead atoms. The third-order valence-electron chi connectivity index (χ3n) is 3.54. The van der Waals surface area contributed by atoms with E-state index in [1.165, 1.54) is 0 Å². The minimum absolute atomic E-state index is 0. The Balaban J connectivity index is -0.000000551. The van der Waals surface area contributed by atoms with Crippen molar-refractivity contribution in [3.8, 4) is 0 Å². The Bertz CT molecular complexity index is 243. The maximum Gasteiger partial charge on any atom is 1.00 e. The number of ether oxygens (including phenoxy) is 2. The van der Waals surface area contributed by atoms with E-state index in [1.807, 2.05) is 0 Å². The van der Waals surface area contributed by atoms with Crippen LogP contribution in [-0.4, -0.2) is 102 Å². The number of rotatable bonds is 13. The van der Waals surface area contributed by atoms with Crippen molar-refractivity contribution in [1.29, 1.82) is 0 Å². The number of hydrogen-bond donors (Lipinski definition) is 1. The van der Waals surface area contributed by atoms with Gasteiger partial charge < -0.3 is 26.3 Å². The van der Waals surface area contributed by atoms with Gasteiger partial charge in [0.15, 0.2) is 0 Å². The summed E-state index contributed by atoms with van der Waals surface area (Å²) in [6.45, 7) is 11.6. The molecule has 0 aromatic rings. The quantitative estimate of drug-likeness (QED) is 0.187. The number of hydrogen-bond acceptors (Lipinski definition) is 5. The maximum absolute atomic E-state index is 7.01. The zero-order valence-electron chi connectivity index (χ0n) is 15.9. The molecule has 0 aromatic carbocycles. The minimum atomic E-state index is 0. The molecule has 1 rings (SSSR count). The van der Waals surface area contributed by atoms with Crippen LogP contribution in [0.25, 0.3) is 11.5 Å². The second-order valence-electron chi connectivity index (χ2n) is 5.16. The summed E-state index contributed by atoms with van der Waals surface area (Å²) in [5, 5.41) is 3.37. The Morgan fingerprint density at radius 2 is 1.16 bits per heavy atom. The van der Waals surface area contributed by atoms with Crippen LogP contribution in [0.4, 0.5) is 0 Å². The summed E-state index contributed by atoms with van der Waals surface area (Å²) in [7, 11) is 0. The molecule has 11 heteroatoms. The van der Waals surface area contributed by atoms with Crippen LogP contribution in [0.3, 0.4) is 0 Å². The number of nitrogens with one attached hydrogen (secondary N) is 3. The second-order valence-corrected chi connectivity index (χ2v) is 5.16. The van der Waals surface area contributed by atoms with Crippen molar-refractivity contribution in [2.75, 3.05) is 91.9 Å². The van der Waals surface area contributed by atoms with Crippen molar-refractivity contribution in [3.63, 3.8) is 0 Å². The molecule has 1 aliphatic rings. The van der Waals surface area contributed by atoms with Crippen molar-refractivity contribution in [2.45, 2.75) is 0 Å². The fourth-order valence-electron chi connectivity index (χ4n) is 2.29. The summed E-state index contributed by atoms with van der Waals surface area (Å²) in [5.41, 5.74) is 14.0. The fourth-order valence-corrected chi connectivity index (χ4v) is 2.29. The molecule has 1 aliphatic heterocycles. The molecular weight excluding hydrogens is 814 g/mol. The predicted molar refractivity (Wildman–Crippen MR) is 85.8 cm³/mol. The topological polar surface area (TPSA) is 84.6 Å². The van der Waals surface area contributed by atoms with E-state index >= 15 is 0 Å². The summed E-state index contributed by atoms with van der Waals surface area (Å²) >= 11 is 0. The molecule has 7 nitrogen and oxygen atoms in total. The van der Waals surface area contributed by atoms with Gasteiger partial charge >= 0.3 is 116 Å². The normalized spacial score (nSPS) is 14.6. The molecule has 0 spiro atoms. The third kappa shape index (κ3) is 23.2. The van der Waals surface area contributed by atoms with Gasteiger partial charge in [-0.2, -0.15) is 0 Å². The van der Waals surface area contributed by atoms with Crippen molar-refractivity contribution in [2.24, 2.45) is 0 Å². The van der Waals surface area contributed by atoms with E-state index in [0.29, 0.717) is 32.9 Å². The molecule has 0 amide bonds. The molecule has 0 atom stereocenters. The first-order valence-corrected chi connectivity index (χ1v) is 7.97. The molecule has 0 unspecified atom stereocenters. The van der Waals surface area contributed by atoms with Crippen LogP contribution in [0.2, 0.25) is 0 Å². The first-order chi connectivity index (χ1) is 10.4. The molecule has 1 saturated heterocycles. The largest absolute Gasteiger partial charge is 1.00 e. The molecule has 0 aromatic heterocycles. The van der Waals surface area contributed by atoms with Crippen molar-refractivity contribution >= 4 is 0 Å². The van der Waals surface area contributed by atoms with E-state index in [4.69, 9.17) is 20.9 Å². The fraction of sp³-hybridized carbons (Fsp3) is 1.00. The second kappa shape index (κ2) is 28.7. The summed E-state index contributed by atoms with van der Waals surface area (Å²) in [6, 6.07) is 0. The predicted octanol–water partition coefficient (Wildman–Crippen LogP) is -5.67. The van der Waals surface area contributed by atoms with Gasteiger partial charge in [0.25, 0.3) is 0 Å². The van der Waals surface area contributed by atoms with Crippen LogP contribution in [0.5, 0.6) is 0 Å². The molecule has 1 heterocycles. The van der Waals surface area contributed by atoms with Crippen LogP contribution >= 0.6 is 0 Å². The number of piperazine rings is 1. The monoisotopic (exact) mass is 845 g/mol. The third-order valence-corrected chi connectivity index (χ3v) is 3.54. The van der Waals surface area contributed by atoms with Gasteiger partial charge in [0.1, 0.15) is 0 Å². The maximum atomic E-state index is 7.01. The van der Waals surface area contributed by atoms with Gasteiger partial charge in [-0.05, 0) is 0 Å². The zero-order chi connectivity index (χ0) is 15.2. The Morgan fingerprint density at radius 1 is 0.680 bits per heavy atom. The van der Waals surface area contributed by atoms with Gasteiger partial charge in [0.05, 0.1) is 13.2 Å². The first-order valence-electron chi connectivity index (χ1n) is 7.97. The van der Waals surface area contributed by atoms with E-state index in [2.05, 4.69) is 15.1 Å². The molecule has 0 aliphatic carbocycles. The average Bonchev–Trinajstić information content (AvgIpc) is 2.52. The van der Waals surface area contributed by atoms with E-state index in [0.717, 1.165) is 59.0 Å². The molecule has 2 radical (unpaired) electrons. The summed E-state index contributed by atoms with van der Waals surface area (Å²) in [4.78, 5) is 4.92. The van der Waals surface area contributed by atoms with Gasteiger partial charge in [-0.25, -0.2) is 0 Å². The van der Waals surface area contributed by atoms with Crippen LogP contribution in [-0.2, 0) is 50.3 Å². The molecule has 1 fully saturated rings. The van der Waals surface area contributed by atoms with Gasteiger partial charge in [-0.3, -0.25) is 9.80 Å². The summed E-state index contributed by atoms with van der Waals surface area (Å²) < 4.78 is 10.6. The summed E-state index contributed by atoms with van der Waals surface area (Å²) in [5.74, 6) is 0. The molecule has 25 heavy (non-hydrogen) atoms. The van der Waals surface area contributed by atoms with Gasteiger partial charge in [0.2, 0.25) is 0 Å². The molecular formula is C14H31N5O2Rb2Re2. The smallest absolute Gasteiger partial charge is 0.676 e. The summed E-state index contributed by atoms with van der Waals surface area (Å²) in [6.07, 6.45) is 0. The molecule has 0 saturated carbocycles. The average molecular weight is 845 g/mol. The minimum Gasteiger partial charge on any atom is -0.676 e. The van der Waals surface area contributed by atoms with Crippen LogP contribution in [0.1, 0.15) is 0 Å². The SMILES string of the molecule is [NH-]CCOCCNCCN1CCN(CCOCC[NH-])CC1.[Rb+].[Rb+].[Re].[Re]. The Morgan fingerprint density at radius 3 is 1.68 bits per heavy atom. The molecule has 140 valence electrons. The molecule has 3 N–H and O–H groups in total. The van der Waals surface area contributed by atoms with Crippen LogP contribution in [0.15, 0.2) is 0 Å². The first kappa shape index (κ1) is 37.0. The zero-order valence-corrected chi connectivity index (χ0v) is 31.1. The van der Waals surface area contributed by atoms with Crippen molar-refractivity contribution < 1.29 is 167 Å². The van der Waals surface area contributed by atoms with E-state index in [9.17, 15) is 0 Å². The van der Waals surface area contributed by atoms with Crippen molar-refractivity contribution in [1.82, 2.24) is 15.1 Å². The van der Waals surface area contributed by atoms with Crippen molar-refractivity contribution in [3.05, 3.63) is 11.5 Å². The van der Waals surface area contributed by atoms with Gasteiger partial charge in [0, 0.05) is 106 Å². The van der Waals surface area contributed by atoms with E-state index < -0.39 is 0 Å². The Hall–Kier alpha value is 4.66. The van der Waals surface area contributed by atoms with E-state index in [1.54, 1.807) is 0 Å². The van der Waals surface area contributed by atoms with Crippen LogP contribution < -0.4 is 122 Å². The van der Waals surface area contributed by atoms with E-state index in [-0.39, 0.29) is 157 Å². The number of nitrogens with zero attached hydrogens (tertiary/aromatic N) is 2. The Labute approximate surface area is 279 Å². The van der Waals surface area contributed by atoms with Gasteiger partial charge in [-0.1, -0.05) is 0 Å².